The molecule has 0 aliphatic carbocycles. The summed E-state index contributed by atoms with van der Waals surface area (Å²) in [6.07, 6.45) is 1.35. The Morgan fingerprint density at radius 3 is 2.71 bits per heavy atom. The van der Waals surface area contributed by atoms with E-state index in [-0.39, 0.29) is 5.88 Å². The van der Waals surface area contributed by atoms with Crippen molar-refractivity contribution in [2.24, 2.45) is 0 Å². The summed E-state index contributed by atoms with van der Waals surface area (Å²) in [7, 11) is 0. The number of nitriles is 1. The molecule has 2 rings (SSSR count). The second-order valence-corrected chi connectivity index (χ2v) is 3.24. The Morgan fingerprint density at radius 2 is 2.12 bits per heavy atom. The molecular formula is C11H8N4O2. The van der Waals surface area contributed by atoms with Gasteiger partial charge in [-0.1, -0.05) is 5.21 Å². The minimum atomic E-state index is -0.442. The predicted molar refractivity (Wildman–Crippen MR) is 57.4 cm³/mol. The van der Waals surface area contributed by atoms with E-state index in [0.29, 0.717) is 11.3 Å². The van der Waals surface area contributed by atoms with Crippen molar-refractivity contribution in [1.82, 2.24) is 15.0 Å². The highest BCUT2D eigenvalue weighted by Crippen LogP contribution is 2.16. The topological polar surface area (TPSA) is 80.8 Å². The van der Waals surface area contributed by atoms with Crippen LogP contribution in [0.1, 0.15) is 12.5 Å². The Labute approximate surface area is 97.0 Å². The molecule has 2 aromatic rings. The molecule has 0 spiro atoms. The van der Waals surface area contributed by atoms with Crippen LogP contribution >= 0.6 is 0 Å². The summed E-state index contributed by atoms with van der Waals surface area (Å²) >= 11 is 0. The molecule has 0 N–H and O–H groups in total. The van der Waals surface area contributed by atoms with Crippen LogP contribution in [0.2, 0.25) is 0 Å². The summed E-state index contributed by atoms with van der Waals surface area (Å²) < 4.78 is 6.31. The second-order valence-electron chi connectivity index (χ2n) is 3.24. The third kappa shape index (κ3) is 2.29. The maximum absolute atomic E-state index is 10.9. The van der Waals surface area contributed by atoms with Gasteiger partial charge in [0, 0.05) is 6.92 Å². The van der Waals surface area contributed by atoms with Gasteiger partial charge >= 0.3 is 5.97 Å². The van der Waals surface area contributed by atoms with Gasteiger partial charge in [-0.2, -0.15) is 9.94 Å². The lowest BCUT2D eigenvalue weighted by atomic mass is 10.2. The Balaban J connectivity index is 2.36. The normalized spacial score (nSPS) is 9.65. The number of esters is 1. The molecule has 6 nitrogen and oxygen atoms in total. The molecule has 0 atom stereocenters. The Bertz CT molecular complexity index is 580. The molecule has 0 aliphatic heterocycles. The number of benzene rings is 1. The molecule has 1 aromatic heterocycles. The van der Waals surface area contributed by atoms with E-state index in [9.17, 15) is 4.79 Å². The summed E-state index contributed by atoms with van der Waals surface area (Å²) in [6.45, 7) is 1.30. The molecule has 0 saturated heterocycles. The van der Waals surface area contributed by atoms with Crippen LogP contribution in [0.15, 0.2) is 30.5 Å². The van der Waals surface area contributed by atoms with Gasteiger partial charge in [0.25, 0.3) is 0 Å². The van der Waals surface area contributed by atoms with Crippen molar-refractivity contribution in [2.45, 2.75) is 6.92 Å². The zero-order valence-electron chi connectivity index (χ0n) is 8.99. The lowest BCUT2D eigenvalue weighted by Gasteiger charge is -2.04. The Morgan fingerprint density at radius 1 is 1.41 bits per heavy atom. The standard InChI is InChI=1S/C11H8N4O2/c1-8(16)17-11-7-13-14-15(11)10-4-2-9(6-12)3-5-10/h2-5,7H,1H3. The smallest absolute Gasteiger partial charge is 0.309 e. The molecule has 1 heterocycles. The quantitative estimate of drug-likeness (QED) is 0.718. The van der Waals surface area contributed by atoms with Crippen molar-refractivity contribution < 1.29 is 9.53 Å². The van der Waals surface area contributed by atoms with Gasteiger partial charge in [0.1, 0.15) is 6.20 Å². The first-order valence-corrected chi connectivity index (χ1v) is 4.80. The monoisotopic (exact) mass is 228 g/mol. The third-order valence-electron chi connectivity index (χ3n) is 2.01. The second kappa shape index (κ2) is 4.45. The first-order chi connectivity index (χ1) is 8.20. The van der Waals surface area contributed by atoms with Crippen molar-refractivity contribution in [3.8, 4) is 17.6 Å². The number of hydrogen-bond acceptors (Lipinski definition) is 5. The van der Waals surface area contributed by atoms with Crippen LogP contribution in [-0.4, -0.2) is 21.0 Å². The SMILES string of the molecule is CC(=O)Oc1cnnn1-c1ccc(C#N)cc1. The predicted octanol–water partition coefficient (Wildman–Crippen LogP) is 1.06. The number of hydrogen-bond donors (Lipinski definition) is 0. The first-order valence-electron chi connectivity index (χ1n) is 4.80. The molecule has 0 aliphatic rings. The fraction of sp³-hybridized carbons (Fsp3) is 0.0909. The first kappa shape index (κ1) is 10.8. The van der Waals surface area contributed by atoms with Crippen LogP contribution in [0.25, 0.3) is 5.69 Å². The molecule has 0 unspecified atom stereocenters. The number of rotatable bonds is 2. The molecule has 0 saturated carbocycles. The number of ether oxygens (including phenoxy) is 1. The highest BCUT2D eigenvalue weighted by molar-refractivity contribution is 5.68. The molecule has 84 valence electrons. The summed E-state index contributed by atoms with van der Waals surface area (Å²) in [5, 5.41) is 16.1. The Kier molecular flexibility index (Phi) is 2.83. The number of nitrogens with zero attached hydrogens (tertiary/aromatic N) is 4. The van der Waals surface area contributed by atoms with Gasteiger partial charge in [-0.3, -0.25) is 4.79 Å². The number of carbonyl (C=O) groups excluding carboxylic acids is 1. The van der Waals surface area contributed by atoms with Gasteiger partial charge in [-0.25, -0.2) is 0 Å². The van der Waals surface area contributed by atoms with E-state index in [1.807, 2.05) is 6.07 Å². The van der Waals surface area contributed by atoms with Crippen molar-refractivity contribution in [3.63, 3.8) is 0 Å². The maximum Gasteiger partial charge on any atom is 0.309 e. The van der Waals surface area contributed by atoms with Gasteiger partial charge in [-0.05, 0) is 24.3 Å². The minimum absolute atomic E-state index is 0.238. The van der Waals surface area contributed by atoms with E-state index < -0.39 is 5.97 Å². The van der Waals surface area contributed by atoms with Crippen LogP contribution in [0.4, 0.5) is 0 Å². The van der Waals surface area contributed by atoms with Crippen LogP contribution in [-0.2, 0) is 4.79 Å². The molecule has 0 fully saturated rings. The van der Waals surface area contributed by atoms with E-state index >= 15 is 0 Å². The summed E-state index contributed by atoms with van der Waals surface area (Å²) in [5.74, 6) is -0.204. The molecule has 0 amide bonds. The van der Waals surface area contributed by atoms with Crippen LogP contribution in [0.5, 0.6) is 5.88 Å². The largest absolute Gasteiger partial charge is 0.406 e. The number of aromatic nitrogens is 3. The van der Waals surface area contributed by atoms with Gasteiger partial charge in [0.05, 0.1) is 17.3 Å². The van der Waals surface area contributed by atoms with E-state index in [0.717, 1.165) is 0 Å². The molecular weight excluding hydrogens is 220 g/mol. The van der Waals surface area contributed by atoms with E-state index in [1.165, 1.54) is 17.8 Å². The average Bonchev–Trinajstić information content (AvgIpc) is 2.76. The lowest BCUT2D eigenvalue weighted by Crippen LogP contribution is -2.07. The number of carbonyl (C=O) groups is 1. The fourth-order valence-corrected chi connectivity index (χ4v) is 1.30. The van der Waals surface area contributed by atoms with Crippen LogP contribution < -0.4 is 4.74 Å². The van der Waals surface area contributed by atoms with E-state index in [4.69, 9.17) is 10.00 Å². The van der Waals surface area contributed by atoms with Crippen LogP contribution in [0, 0.1) is 11.3 Å². The van der Waals surface area contributed by atoms with Gasteiger partial charge in [0.15, 0.2) is 0 Å². The van der Waals surface area contributed by atoms with Crippen molar-refractivity contribution in [3.05, 3.63) is 36.0 Å². The van der Waals surface area contributed by atoms with Gasteiger partial charge in [0.2, 0.25) is 5.88 Å². The Hall–Kier alpha value is -2.68. The van der Waals surface area contributed by atoms with Crippen LogP contribution in [0.3, 0.4) is 0 Å². The summed E-state index contributed by atoms with van der Waals surface area (Å²) in [5.41, 5.74) is 1.21. The highest BCUT2D eigenvalue weighted by Gasteiger charge is 2.09. The maximum atomic E-state index is 10.9. The van der Waals surface area contributed by atoms with E-state index in [2.05, 4.69) is 10.3 Å². The molecule has 17 heavy (non-hydrogen) atoms. The zero-order chi connectivity index (χ0) is 12.3. The van der Waals surface area contributed by atoms with Gasteiger partial charge in [-0.15, -0.1) is 5.10 Å². The molecule has 1 aromatic carbocycles. The van der Waals surface area contributed by atoms with Crippen molar-refractivity contribution in [1.29, 1.82) is 5.26 Å². The summed E-state index contributed by atoms with van der Waals surface area (Å²) in [6, 6.07) is 8.70. The molecule has 0 radical (unpaired) electrons. The van der Waals surface area contributed by atoms with E-state index in [1.54, 1.807) is 24.3 Å². The third-order valence-corrected chi connectivity index (χ3v) is 2.01. The van der Waals surface area contributed by atoms with Gasteiger partial charge < -0.3 is 4.74 Å². The fourth-order valence-electron chi connectivity index (χ4n) is 1.30. The molecule has 0 bridgehead atoms. The zero-order valence-corrected chi connectivity index (χ0v) is 8.99. The minimum Gasteiger partial charge on any atom is -0.406 e. The summed E-state index contributed by atoms with van der Waals surface area (Å²) in [4.78, 5) is 10.9. The van der Waals surface area contributed by atoms with Crippen molar-refractivity contribution in [2.75, 3.05) is 0 Å². The average molecular weight is 228 g/mol. The van der Waals surface area contributed by atoms with Crippen molar-refractivity contribution >= 4 is 5.97 Å². The highest BCUT2D eigenvalue weighted by atomic mass is 16.5. The molecule has 6 heteroatoms. The lowest BCUT2D eigenvalue weighted by molar-refractivity contribution is -0.132.